The zero-order valence-electron chi connectivity index (χ0n) is 5.76. The van der Waals surface area contributed by atoms with Gasteiger partial charge in [0.1, 0.15) is 0 Å². The third kappa shape index (κ3) is 1.23. The average Bonchev–Trinajstić information content (AvgIpc) is 2.15. The van der Waals surface area contributed by atoms with E-state index in [-0.39, 0.29) is 5.54 Å². The standard InChI is InChI=1S/C6H14N2S/c1-5-2-9-4-6(5,8)3-7/h5H,2-4,7-8H2,1H3. The molecule has 3 heteroatoms. The Morgan fingerprint density at radius 1 is 1.78 bits per heavy atom. The molecule has 1 aliphatic heterocycles. The van der Waals surface area contributed by atoms with Crippen molar-refractivity contribution < 1.29 is 0 Å². The van der Waals surface area contributed by atoms with E-state index in [2.05, 4.69) is 6.92 Å². The summed E-state index contributed by atoms with van der Waals surface area (Å²) in [6.07, 6.45) is 0. The molecule has 54 valence electrons. The van der Waals surface area contributed by atoms with Gasteiger partial charge in [-0.3, -0.25) is 0 Å². The lowest BCUT2D eigenvalue weighted by Crippen LogP contribution is -2.51. The Morgan fingerprint density at radius 2 is 2.44 bits per heavy atom. The highest BCUT2D eigenvalue weighted by atomic mass is 32.2. The molecule has 0 aromatic carbocycles. The summed E-state index contributed by atoms with van der Waals surface area (Å²) in [5, 5.41) is 0. The van der Waals surface area contributed by atoms with Crippen LogP contribution in [0, 0.1) is 5.92 Å². The Kier molecular flexibility index (Phi) is 2.03. The summed E-state index contributed by atoms with van der Waals surface area (Å²) in [6.45, 7) is 2.80. The Hall–Kier alpha value is 0.270. The first-order valence-corrected chi connectivity index (χ1v) is 4.41. The monoisotopic (exact) mass is 146 g/mol. The minimum atomic E-state index is -0.0648. The van der Waals surface area contributed by atoms with E-state index in [0.717, 1.165) is 5.75 Å². The molecule has 1 saturated heterocycles. The van der Waals surface area contributed by atoms with E-state index in [0.29, 0.717) is 12.5 Å². The van der Waals surface area contributed by atoms with E-state index < -0.39 is 0 Å². The molecule has 0 aliphatic carbocycles. The molecule has 0 aromatic rings. The molecule has 1 fully saturated rings. The van der Waals surface area contributed by atoms with Crippen molar-refractivity contribution in [2.24, 2.45) is 17.4 Å². The number of nitrogens with two attached hydrogens (primary N) is 2. The first-order valence-electron chi connectivity index (χ1n) is 3.26. The summed E-state index contributed by atoms with van der Waals surface area (Å²) in [4.78, 5) is 0. The molecular formula is C6H14N2S. The highest BCUT2D eigenvalue weighted by Gasteiger charge is 2.35. The predicted octanol–water partition coefficient (Wildman–Crippen LogP) is 0.0255. The summed E-state index contributed by atoms with van der Waals surface area (Å²) < 4.78 is 0. The molecule has 1 aliphatic rings. The maximum atomic E-state index is 5.96. The maximum absolute atomic E-state index is 5.96. The van der Waals surface area contributed by atoms with Crippen molar-refractivity contribution in [1.29, 1.82) is 0 Å². The Balaban J connectivity index is 2.56. The molecule has 9 heavy (non-hydrogen) atoms. The third-order valence-corrected chi connectivity index (χ3v) is 3.58. The normalized spacial score (nSPS) is 43.7. The van der Waals surface area contributed by atoms with Crippen LogP contribution in [0.3, 0.4) is 0 Å². The molecule has 0 radical (unpaired) electrons. The first kappa shape index (κ1) is 7.38. The van der Waals surface area contributed by atoms with Gasteiger partial charge in [0.15, 0.2) is 0 Å². The molecule has 0 spiro atoms. The Morgan fingerprint density at radius 3 is 2.67 bits per heavy atom. The van der Waals surface area contributed by atoms with E-state index in [1.165, 1.54) is 5.75 Å². The van der Waals surface area contributed by atoms with E-state index in [1.807, 2.05) is 11.8 Å². The number of rotatable bonds is 1. The van der Waals surface area contributed by atoms with Crippen LogP contribution in [0.15, 0.2) is 0 Å². The van der Waals surface area contributed by atoms with Crippen LogP contribution in [-0.2, 0) is 0 Å². The number of hydrogen-bond acceptors (Lipinski definition) is 3. The zero-order valence-corrected chi connectivity index (χ0v) is 6.58. The van der Waals surface area contributed by atoms with Crippen LogP contribution in [-0.4, -0.2) is 23.6 Å². The van der Waals surface area contributed by atoms with Gasteiger partial charge < -0.3 is 11.5 Å². The lowest BCUT2D eigenvalue weighted by atomic mass is 9.90. The fourth-order valence-electron chi connectivity index (χ4n) is 0.994. The van der Waals surface area contributed by atoms with Crippen LogP contribution in [0.4, 0.5) is 0 Å². The second-order valence-electron chi connectivity index (χ2n) is 2.85. The highest BCUT2D eigenvalue weighted by Crippen LogP contribution is 2.30. The second kappa shape index (κ2) is 2.48. The van der Waals surface area contributed by atoms with Crippen molar-refractivity contribution in [1.82, 2.24) is 0 Å². The highest BCUT2D eigenvalue weighted by molar-refractivity contribution is 7.99. The van der Waals surface area contributed by atoms with Gasteiger partial charge in [-0.2, -0.15) is 11.8 Å². The molecular weight excluding hydrogens is 132 g/mol. The van der Waals surface area contributed by atoms with Gasteiger partial charge in [0.05, 0.1) is 0 Å². The molecule has 4 N–H and O–H groups in total. The van der Waals surface area contributed by atoms with Gasteiger partial charge in [0.25, 0.3) is 0 Å². The topological polar surface area (TPSA) is 52.0 Å². The van der Waals surface area contributed by atoms with Gasteiger partial charge in [-0.05, 0) is 11.7 Å². The van der Waals surface area contributed by atoms with Gasteiger partial charge in [0, 0.05) is 17.8 Å². The molecule has 2 nitrogen and oxygen atoms in total. The summed E-state index contributed by atoms with van der Waals surface area (Å²) in [7, 11) is 0. The van der Waals surface area contributed by atoms with E-state index >= 15 is 0 Å². The van der Waals surface area contributed by atoms with Crippen molar-refractivity contribution in [3.63, 3.8) is 0 Å². The molecule has 0 saturated carbocycles. The van der Waals surface area contributed by atoms with Crippen LogP contribution in [0.25, 0.3) is 0 Å². The zero-order chi connectivity index (χ0) is 6.91. The SMILES string of the molecule is CC1CSCC1(N)CN. The van der Waals surface area contributed by atoms with Crippen molar-refractivity contribution in [2.45, 2.75) is 12.5 Å². The van der Waals surface area contributed by atoms with Crippen LogP contribution in [0.2, 0.25) is 0 Å². The second-order valence-corrected chi connectivity index (χ2v) is 3.88. The lowest BCUT2D eigenvalue weighted by Gasteiger charge is -2.25. The quantitative estimate of drug-likeness (QED) is 0.548. The van der Waals surface area contributed by atoms with E-state index in [9.17, 15) is 0 Å². The summed E-state index contributed by atoms with van der Waals surface area (Å²) >= 11 is 1.91. The van der Waals surface area contributed by atoms with Crippen LogP contribution >= 0.6 is 11.8 Å². The van der Waals surface area contributed by atoms with Gasteiger partial charge in [-0.25, -0.2) is 0 Å². The third-order valence-electron chi connectivity index (χ3n) is 2.10. The number of thioether (sulfide) groups is 1. The summed E-state index contributed by atoms with van der Waals surface area (Å²) in [5.41, 5.74) is 11.4. The molecule has 0 bridgehead atoms. The van der Waals surface area contributed by atoms with Crippen molar-refractivity contribution in [3.8, 4) is 0 Å². The molecule has 1 rings (SSSR count). The largest absolute Gasteiger partial charge is 0.329 e. The smallest absolute Gasteiger partial charge is 0.0404 e. The fourth-order valence-corrected chi connectivity index (χ4v) is 2.58. The fraction of sp³-hybridized carbons (Fsp3) is 1.00. The van der Waals surface area contributed by atoms with Gasteiger partial charge in [-0.1, -0.05) is 6.92 Å². The minimum absolute atomic E-state index is 0.0648. The predicted molar refractivity (Wildman–Crippen MR) is 42.5 cm³/mol. The maximum Gasteiger partial charge on any atom is 0.0404 e. The van der Waals surface area contributed by atoms with Crippen molar-refractivity contribution in [2.75, 3.05) is 18.1 Å². The van der Waals surface area contributed by atoms with Crippen molar-refractivity contribution >= 4 is 11.8 Å². The van der Waals surface area contributed by atoms with E-state index in [4.69, 9.17) is 11.5 Å². The molecule has 2 atom stereocenters. The average molecular weight is 146 g/mol. The van der Waals surface area contributed by atoms with Gasteiger partial charge in [0.2, 0.25) is 0 Å². The number of hydrogen-bond donors (Lipinski definition) is 2. The van der Waals surface area contributed by atoms with Crippen LogP contribution in [0.5, 0.6) is 0 Å². The molecule has 1 heterocycles. The van der Waals surface area contributed by atoms with Crippen LogP contribution < -0.4 is 11.5 Å². The first-order chi connectivity index (χ1) is 4.19. The summed E-state index contributed by atoms with van der Waals surface area (Å²) in [5.74, 6) is 2.80. The van der Waals surface area contributed by atoms with Crippen molar-refractivity contribution in [3.05, 3.63) is 0 Å². The van der Waals surface area contributed by atoms with Gasteiger partial charge in [-0.15, -0.1) is 0 Å². The molecule has 0 amide bonds. The van der Waals surface area contributed by atoms with Crippen LogP contribution in [0.1, 0.15) is 6.92 Å². The summed E-state index contributed by atoms with van der Waals surface area (Å²) in [6, 6.07) is 0. The molecule has 0 aromatic heterocycles. The lowest BCUT2D eigenvalue weighted by molar-refractivity contribution is 0.379. The Bertz CT molecular complexity index is 107. The molecule has 2 unspecified atom stereocenters. The van der Waals surface area contributed by atoms with E-state index in [1.54, 1.807) is 0 Å². The van der Waals surface area contributed by atoms with Gasteiger partial charge >= 0.3 is 0 Å². The minimum Gasteiger partial charge on any atom is -0.329 e. The Labute approximate surface area is 60.4 Å².